The normalized spacial score (nSPS) is 27.9. The third-order valence-corrected chi connectivity index (χ3v) is 5.19. The Labute approximate surface area is 118 Å². The predicted octanol–water partition coefficient (Wildman–Crippen LogP) is 4.93. The van der Waals surface area contributed by atoms with Gasteiger partial charge in [0.05, 0.1) is 0 Å². The maximum Gasteiger partial charge on any atom is 0.0494 e. The molecule has 2 aliphatic rings. The van der Waals surface area contributed by atoms with Gasteiger partial charge in [0.2, 0.25) is 0 Å². The second-order valence-corrected chi connectivity index (χ2v) is 6.25. The first-order valence-electron chi connectivity index (χ1n) is 7.58. The van der Waals surface area contributed by atoms with Gasteiger partial charge in [-0.05, 0) is 36.8 Å². The largest absolute Gasteiger partial charge is 0.337 e. The Morgan fingerprint density at radius 2 is 1.40 bits per heavy atom. The number of hydrogen-bond donors (Lipinski definition) is 0. The Hall–Kier alpha value is -2.02. The van der Waals surface area contributed by atoms with Crippen molar-refractivity contribution >= 4 is 21.8 Å². The van der Waals surface area contributed by atoms with Gasteiger partial charge >= 0.3 is 0 Å². The molecule has 1 heterocycles. The fourth-order valence-electron chi connectivity index (χ4n) is 4.36. The number of aromatic nitrogens is 1. The molecule has 2 aromatic carbocycles. The number of nitrogens with zero attached hydrogens (tertiary/aromatic N) is 1. The second-order valence-electron chi connectivity index (χ2n) is 6.25. The summed E-state index contributed by atoms with van der Waals surface area (Å²) >= 11 is 0. The average Bonchev–Trinajstić information content (AvgIpc) is 3.19. The quantitative estimate of drug-likeness (QED) is 0.546. The fourth-order valence-corrected chi connectivity index (χ4v) is 4.36. The molecular weight excluding hydrogens is 242 g/mol. The highest BCUT2D eigenvalue weighted by Gasteiger charge is 2.37. The van der Waals surface area contributed by atoms with Crippen LogP contribution in [0.2, 0.25) is 0 Å². The molecule has 1 heteroatoms. The standard InChI is InChI=1S/C19H17N/c1-3-7-17-15(5-1)16-6-2-4-8-18(16)20(17)19-12-13-9-10-14(19)11-13/h1-10,13-14,19H,11-12H2/t13-,14+,19+/m0/s1. The number of rotatable bonds is 1. The summed E-state index contributed by atoms with van der Waals surface area (Å²) in [6.07, 6.45) is 7.53. The summed E-state index contributed by atoms with van der Waals surface area (Å²) in [7, 11) is 0. The zero-order valence-electron chi connectivity index (χ0n) is 11.4. The third-order valence-electron chi connectivity index (χ3n) is 5.19. The van der Waals surface area contributed by atoms with E-state index in [1.165, 1.54) is 34.6 Å². The molecule has 0 amide bonds. The Morgan fingerprint density at radius 3 is 1.95 bits per heavy atom. The molecule has 3 aromatic rings. The summed E-state index contributed by atoms with van der Waals surface area (Å²) in [6.45, 7) is 0. The van der Waals surface area contributed by atoms with Gasteiger partial charge < -0.3 is 4.57 Å². The Balaban J connectivity index is 1.87. The zero-order valence-corrected chi connectivity index (χ0v) is 11.4. The molecule has 0 radical (unpaired) electrons. The Morgan fingerprint density at radius 1 is 0.750 bits per heavy atom. The maximum atomic E-state index is 2.61. The van der Waals surface area contributed by atoms with Crippen molar-refractivity contribution in [1.29, 1.82) is 0 Å². The van der Waals surface area contributed by atoms with Gasteiger partial charge in [-0.3, -0.25) is 0 Å². The van der Waals surface area contributed by atoms with Crippen molar-refractivity contribution in [2.45, 2.75) is 18.9 Å². The van der Waals surface area contributed by atoms with Crippen molar-refractivity contribution in [2.75, 3.05) is 0 Å². The first kappa shape index (κ1) is 10.7. The lowest BCUT2D eigenvalue weighted by atomic mass is 10.0. The van der Waals surface area contributed by atoms with E-state index >= 15 is 0 Å². The molecular formula is C19H17N. The molecule has 1 nitrogen and oxygen atoms in total. The van der Waals surface area contributed by atoms with Crippen LogP contribution < -0.4 is 0 Å². The number of allylic oxidation sites excluding steroid dienone is 2. The zero-order chi connectivity index (χ0) is 13.1. The SMILES string of the molecule is C1=C[C@@H]2C[C@H]1C[C@H]2n1c2ccccc2c2ccccc21. The topological polar surface area (TPSA) is 4.93 Å². The minimum atomic E-state index is 0.648. The third kappa shape index (κ3) is 1.28. The van der Waals surface area contributed by atoms with Gasteiger partial charge in [-0.25, -0.2) is 0 Å². The first-order valence-corrected chi connectivity index (χ1v) is 7.58. The lowest BCUT2D eigenvalue weighted by Gasteiger charge is -2.22. The van der Waals surface area contributed by atoms with Crippen LogP contribution in [0.15, 0.2) is 60.7 Å². The molecule has 0 N–H and O–H groups in total. The van der Waals surface area contributed by atoms with Gasteiger partial charge in [0.25, 0.3) is 0 Å². The molecule has 5 rings (SSSR count). The Bertz CT molecular complexity index is 786. The van der Waals surface area contributed by atoms with Crippen LogP contribution in [0.1, 0.15) is 18.9 Å². The maximum absolute atomic E-state index is 2.61. The van der Waals surface area contributed by atoms with Gasteiger partial charge in [-0.2, -0.15) is 0 Å². The molecule has 3 atom stereocenters. The van der Waals surface area contributed by atoms with Crippen molar-refractivity contribution in [3.8, 4) is 0 Å². The molecule has 1 aromatic heterocycles. The van der Waals surface area contributed by atoms with Crippen molar-refractivity contribution in [2.24, 2.45) is 11.8 Å². The van der Waals surface area contributed by atoms with Crippen LogP contribution in [0.5, 0.6) is 0 Å². The van der Waals surface area contributed by atoms with Crippen LogP contribution >= 0.6 is 0 Å². The van der Waals surface area contributed by atoms with E-state index in [0.29, 0.717) is 6.04 Å². The highest BCUT2D eigenvalue weighted by Crippen LogP contribution is 2.48. The van der Waals surface area contributed by atoms with Gasteiger partial charge in [0, 0.05) is 27.8 Å². The average molecular weight is 259 g/mol. The summed E-state index contributed by atoms with van der Waals surface area (Å²) in [4.78, 5) is 0. The molecule has 1 fully saturated rings. The smallest absolute Gasteiger partial charge is 0.0494 e. The molecule has 0 spiro atoms. The molecule has 2 aliphatic carbocycles. The van der Waals surface area contributed by atoms with E-state index in [9.17, 15) is 0 Å². The minimum absolute atomic E-state index is 0.648. The van der Waals surface area contributed by atoms with Crippen molar-refractivity contribution in [3.05, 3.63) is 60.7 Å². The molecule has 20 heavy (non-hydrogen) atoms. The summed E-state index contributed by atoms with van der Waals surface area (Å²) in [6, 6.07) is 18.4. The van der Waals surface area contributed by atoms with Crippen LogP contribution in [0.3, 0.4) is 0 Å². The first-order chi connectivity index (χ1) is 9.92. The number of hydrogen-bond acceptors (Lipinski definition) is 0. The highest BCUT2D eigenvalue weighted by atomic mass is 15.0. The van der Waals surface area contributed by atoms with Crippen LogP contribution in [-0.4, -0.2) is 4.57 Å². The van der Waals surface area contributed by atoms with Gasteiger partial charge in [-0.1, -0.05) is 48.6 Å². The van der Waals surface area contributed by atoms with E-state index in [0.717, 1.165) is 11.8 Å². The van der Waals surface area contributed by atoms with E-state index in [2.05, 4.69) is 65.3 Å². The van der Waals surface area contributed by atoms with E-state index < -0.39 is 0 Å². The van der Waals surface area contributed by atoms with Crippen molar-refractivity contribution in [3.63, 3.8) is 0 Å². The molecule has 98 valence electrons. The summed E-state index contributed by atoms with van der Waals surface area (Å²) in [5.74, 6) is 1.55. The summed E-state index contributed by atoms with van der Waals surface area (Å²) in [5, 5.41) is 2.80. The predicted molar refractivity (Wildman–Crippen MR) is 83.8 cm³/mol. The molecule has 0 saturated heterocycles. The van der Waals surface area contributed by atoms with Gasteiger partial charge in [0.1, 0.15) is 0 Å². The summed E-state index contributed by atoms with van der Waals surface area (Å²) in [5.41, 5.74) is 2.80. The van der Waals surface area contributed by atoms with Crippen LogP contribution in [0, 0.1) is 11.8 Å². The number of para-hydroxylation sites is 2. The second kappa shape index (κ2) is 3.76. The van der Waals surface area contributed by atoms with E-state index in [1.54, 1.807) is 0 Å². The monoisotopic (exact) mass is 259 g/mol. The Kier molecular flexibility index (Phi) is 2.01. The van der Waals surface area contributed by atoms with Crippen LogP contribution in [-0.2, 0) is 0 Å². The van der Waals surface area contributed by atoms with Gasteiger partial charge in [-0.15, -0.1) is 0 Å². The molecule has 0 unspecified atom stereocenters. The van der Waals surface area contributed by atoms with Gasteiger partial charge in [0.15, 0.2) is 0 Å². The highest BCUT2D eigenvalue weighted by molar-refractivity contribution is 6.08. The minimum Gasteiger partial charge on any atom is -0.337 e. The molecule has 0 aliphatic heterocycles. The van der Waals surface area contributed by atoms with Crippen LogP contribution in [0.25, 0.3) is 21.8 Å². The van der Waals surface area contributed by atoms with Crippen molar-refractivity contribution < 1.29 is 0 Å². The van der Waals surface area contributed by atoms with E-state index in [-0.39, 0.29) is 0 Å². The molecule has 1 saturated carbocycles. The number of benzene rings is 2. The van der Waals surface area contributed by atoms with Crippen LogP contribution in [0.4, 0.5) is 0 Å². The van der Waals surface area contributed by atoms with E-state index in [1.807, 2.05) is 0 Å². The van der Waals surface area contributed by atoms with Crippen molar-refractivity contribution in [1.82, 2.24) is 4.57 Å². The summed E-state index contributed by atoms with van der Waals surface area (Å²) < 4.78 is 2.61. The van der Waals surface area contributed by atoms with E-state index in [4.69, 9.17) is 0 Å². The number of fused-ring (bicyclic) bond motifs is 5. The lowest BCUT2D eigenvalue weighted by Crippen LogP contribution is -2.13. The molecule has 2 bridgehead atoms. The lowest BCUT2D eigenvalue weighted by molar-refractivity contribution is 0.455. The fraction of sp³-hybridized carbons (Fsp3) is 0.263.